The molecule has 0 saturated carbocycles. The molecule has 1 atom stereocenters. The molecule has 0 bridgehead atoms. The Morgan fingerprint density at radius 1 is 1.58 bits per heavy atom. The fraction of sp³-hybridized carbons (Fsp3) is 0.600. The van der Waals surface area contributed by atoms with E-state index in [1.165, 1.54) is 24.9 Å². The Morgan fingerprint density at radius 3 is 2.58 bits per heavy atom. The molecule has 0 saturated heterocycles. The van der Waals surface area contributed by atoms with E-state index < -0.39 is 23.6 Å². The molecule has 1 heterocycles. The van der Waals surface area contributed by atoms with Gasteiger partial charge in [0.2, 0.25) is 0 Å². The van der Waals surface area contributed by atoms with E-state index in [1.54, 1.807) is 0 Å². The van der Waals surface area contributed by atoms with E-state index >= 15 is 0 Å². The zero-order valence-electron chi connectivity index (χ0n) is 10.3. The summed E-state index contributed by atoms with van der Waals surface area (Å²) < 4.78 is 36.4. The van der Waals surface area contributed by atoms with Gasteiger partial charge in [0, 0.05) is 24.5 Å². The maximum atomic E-state index is 12.1. The molecule has 0 aliphatic carbocycles. The van der Waals surface area contributed by atoms with Crippen LogP contribution in [0.3, 0.4) is 0 Å². The van der Waals surface area contributed by atoms with E-state index in [2.05, 4.69) is 0 Å². The van der Waals surface area contributed by atoms with Gasteiger partial charge in [-0.15, -0.1) is 11.3 Å². The number of aliphatic hydroxyl groups is 1. The van der Waals surface area contributed by atoms with Gasteiger partial charge in [0.05, 0.1) is 17.4 Å². The molecule has 0 fully saturated rings. The Kier molecular flexibility index (Phi) is 4.75. The highest BCUT2D eigenvalue weighted by atomic mass is 32.1. The lowest BCUT2D eigenvalue weighted by molar-refractivity contribution is -0.383. The number of hydrogen-bond donors (Lipinski definition) is 1. The van der Waals surface area contributed by atoms with Crippen LogP contribution in [-0.4, -0.2) is 29.8 Å². The molecule has 0 spiro atoms. The van der Waals surface area contributed by atoms with E-state index in [4.69, 9.17) is 0 Å². The topological polar surface area (TPSA) is 66.6 Å². The molecule has 9 heteroatoms. The molecule has 1 N–H and O–H groups in total. The summed E-state index contributed by atoms with van der Waals surface area (Å²) in [5, 5.41) is 20.3. The molecule has 19 heavy (non-hydrogen) atoms. The predicted molar refractivity (Wildman–Crippen MR) is 65.5 cm³/mol. The lowest BCUT2D eigenvalue weighted by Gasteiger charge is -2.17. The summed E-state index contributed by atoms with van der Waals surface area (Å²) in [7, 11) is 1.36. The van der Waals surface area contributed by atoms with Gasteiger partial charge < -0.3 is 10.0 Å². The second kappa shape index (κ2) is 5.74. The van der Waals surface area contributed by atoms with Crippen molar-refractivity contribution in [1.82, 2.24) is 0 Å². The average Bonchev–Trinajstić information content (AvgIpc) is 2.69. The molecular weight excluding hydrogens is 285 g/mol. The Hall–Kier alpha value is -1.35. The first-order valence-corrected chi connectivity index (χ1v) is 6.17. The van der Waals surface area contributed by atoms with E-state index in [0.29, 0.717) is 4.88 Å². The number of aliphatic hydroxyl groups excluding tert-OH is 1. The van der Waals surface area contributed by atoms with Crippen LogP contribution in [0.1, 0.15) is 24.3 Å². The van der Waals surface area contributed by atoms with Crippen LogP contribution in [0.25, 0.3) is 0 Å². The van der Waals surface area contributed by atoms with Crippen LogP contribution in [0.15, 0.2) is 6.07 Å². The Balaban J connectivity index is 2.94. The lowest BCUT2D eigenvalue weighted by atomic mass is 10.3. The highest BCUT2D eigenvalue weighted by molar-refractivity contribution is 7.16. The summed E-state index contributed by atoms with van der Waals surface area (Å²) in [6, 6.07) is 1.19. The standard InChI is InChI=1S/C10H13F3N2O3S/c1-6(16)8-5-7(15(17)18)9(19-8)14(2)4-3-10(11,12)13/h5-6,16H,3-4H2,1-2H3/t6-/m1/s1. The van der Waals surface area contributed by atoms with Crippen LogP contribution in [0, 0.1) is 10.1 Å². The average molecular weight is 298 g/mol. The van der Waals surface area contributed by atoms with E-state index in [9.17, 15) is 28.4 Å². The van der Waals surface area contributed by atoms with Gasteiger partial charge in [-0.25, -0.2) is 0 Å². The van der Waals surface area contributed by atoms with Gasteiger partial charge in [0.1, 0.15) is 0 Å². The Bertz CT molecular complexity index is 459. The summed E-state index contributed by atoms with van der Waals surface area (Å²) in [5.41, 5.74) is -0.287. The molecule has 0 unspecified atom stereocenters. The van der Waals surface area contributed by atoms with Crippen LogP contribution in [0.4, 0.5) is 23.9 Å². The third-order valence-electron chi connectivity index (χ3n) is 2.40. The Morgan fingerprint density at radius 2 is 2.16 bits per heavy atom. The van der Waals surface area contributed by atoms with Crippen molar-refractivity contribution in [1.29, 1.82) is 0 Å². The molecular formula is C10H13F3N2O3S. The molecule has 1 aromatic heterocycles. The lowest BCUT2D eigenvalue weighted by Crippen LogP contribution is -2.23. The Labute approximate surface area is 111 Å². The number of halogens is 3. The van der Waals surface area contributed by atoms with Gasteiger partial charge in [-0.1, -0.05) is 0 Å². The number of anilines is 1. The number of alkyl halides is 3. The number of hydrogen-bond acceptors (Lipinski definition) is 5. The minimum Gasteiger partial charge on any atom is -0.388 e. The largest absolute Gasteiger partial charge is 0.390 e. The van der Waals surface area contributed by atoms with Crippen LogP contribution >= 0.6 is 11.3 Å². The van der Waals surface area contributed by atoms with Crippen LogP contribution in [0.2, 0.25) is 0 Å². The fourth-order valence-corrected chi connectivity index (χ4v) is 2.45. The molecule has 0 aromatic carbocycles. The van der Waals surface area contributed by atoms with Crippen molar-refractivity contribution in [2.45, 2.75) is 25.6 Å². The zero-order valence-corrected chi connectivity index (χ0v) is 11.1. The summed E-state index contributed by atoms with van der Waals surface area (Å²) in [6.07, 6.45) is -6.26. The van der Waals surface area contributed by atoms with Gasteiger partial charge >= 0.3 is 11.9 Å². The number of nitrogens with zero attached hydrogens (tertiary/aromatic N) is 2. The first kappa shape index (κ1) is 15.7. The van der Waals surface area contributed by atoms with Crippen LogP contribution in [0.5, 0.6) is 0 Å². The van der Waals surface area contributed by atoms with Gasteiger partial charge in [-0.3, -0.25) is 10.1 Å². The highest BCUT2D eigenvalue weighted by Crippen LogP contribution is 2.40. The molecule has 1 rings (SSSR count). The van der Waals surface area contributed by atoms with Crippen molar-refractivity contribution in [2.24, 2.45) is 0 Å². The van der Waals surface area contributed by atoms with Gasteiger partial charge in [-0.2, -0.15) is 13.2 Å². The van der Waals surface area contributed by atoms with E-state index in [0.717, 1.165) is 11.3 Å². The van der Waals surface area contributed by atoms with Gasteiger partial charge in [0.25, 0.3) is 0 Å². The van der Waals surface area contributed by atoms with Crippen LogP contribution < -0.4 is 4.90 Å². The maximum absolute atomic E-state index is 12.1. The van der Waals surface area contributed by atoms with Crippen molar-refractivity contribution < 1.29 is 23.2 Å². The first-order valence-electron chi connectivity index (χ1n) is 5.36. The molecule has 108 valence electrons. The minimum atomic E-state index is -4.31. The second-order valence-electron chi connectivity index (χ2n) is 4.06. The predicted octanol–water partition coefficient (Wildman–Crippen LogP) is 3.10. The summed E-state index contributed by atoms with van der Waals surface area (Å²) in [6.45, 7) is 1.07. The first-order chi connectivity index (χ1) is 8.61. The van der Waals surface area contributed by atoms with Crippen LogP contribution in [-0.2, 0) is 0 Å². The van der Waals surface area contributed by atoms with Gasteiger partial charge in [-0.05, 0) is 6.92 Å². The summed E-state index contributed by atoms with van der Waals surface area (Å²) >= 11 is 0.922. The monoisotopic (exact) mass is 298 g/mol. The fourth-order valence-electron chi connectivity index (χ4n) is 1.40. The minimum absolute atomic E-state index is 0.116. The summed E-state index contributed by atoms with van der Waals surface area (Å²) in [5.74, 6) is 0. The van der Waals surface area contributed by atoms with Crippen molar-refractivity contribution in [3.8, 4) is 0 Å². The third-order valence-corrected chi connectivity index (χ3v) is 3.81. The van der Waals surface area contributed by atoms with Crippen molar-refractivity contribution in [3.63, 3.8) is 0 Å². The SMILES string of the molecule is C[C@@H](O)c1cc([N+](=O)[O-])c(N(C)CCC(F)(F)F)s1. The normalized spacial score (nSPS) is 13.4. The maximum Gasteiger partial charge on any atom is 0.390 e. The number of thiophene rings is 1. The third kappa shape index (κ3) is 4.35. The molecule has 0 radical (unpaired) electrons. The molecule has 0 aliphatic heterocycles. The van der Waals surface area contributed by atoms with Gasteiger partial charge in [0.15, 0.2) is 5.00 Å². The molecule has 1 aromatic rings. The van der Waals surface area contributed by atoms with Crippen molar-refractivity contribution in [3.05, 3.63) is 21.1 Å². The number of nitro groups is 1. The zero-order chi connectivity index (χ0) is 14.8. The van der Waals surface area contributed by atoms with E-state index in [-0.39, 0.29) is 17.2 Å². The molecule has 0 aliphatic rings. The van der Waals surface area contributed by atoms with Crippen molar-refractivity contribution in [2.75, 3.05) is 18.5 Å². The second-order valence-corrected chi connectivity index (χ2v) is 5.12. The summed E-state index contributed by atoms with van der Waals surface area (Å²) in [4.78, 5) is 11.7. The smallest absolute Gasteiger partial charge is 0.388 e. The quantitative estimate of drug-likeness (QED) is 0.670. The van der Waals surface area contributed by atoms with E-state index in [1.807, 2.05) is 0 Å². The molecule has 0 amide bonds. The van der Waals surface area contributed by atoms with Crippen molar-refractivity contribution >= 4 is 22.0 Å². The highest BCUT2D eigenvalue weighted by Gasteiger charge is 2.29. The molecule has 5 nitrogen and oxygen atoms in total. The number of rotatable bonds is 5.